The van der Waals surface area contributed by atoms with Gasteiger partial charge < -0.3 is 0 Å². The zero-order chi connectivity index (χ0) is 11.4. The summed E-state index contributed by atoms with van der Waals surface area (Å²) in [5, 5.41) is 0. The van der Waals surface area contributed by atoms with Crippen molar-refractivity contribution in [1.82, 2.24) is 0 Å². The zero-order valence-electron chi connectivity index (χ0n) is 9.99. The third kappa shape index (κ3) is 2.35. The van der Waals surface area contributed by atoms with Crippen molar-refractivity contribution < 1.29 is 0 Å². The maximum absolute atomic E-state index is 2.26. The van der Waals surface area contributed by atoms with Crippen molar-refractivity contribution in [3.05, 3.63) is 46.8 Å². The van der Waals surface area contributed by atoms with Crippen molar-refractivity contribution in [3.8, 4) is 10.4 Å². The Labute approximate surface area is 102 Å². The highest BCUT2D eigenvalue weighted by atomic mass is 32.1. The van der Waals surface area contributed by atoms with Gasteiger partial charge >= 0.3 is 0 Å². The van der Waals surface area contributed by atoms with E-state index in [2.05, 4.69) is 50.2 Å². The Morgan fingerprint density at radius 3 is 2.50 bits per heavy atom. The highest BCUT2D eigenvalue weighted by Crippen LogP contribution is 2.31. The van der Waals surface area contributed by atoms with Crippen LogP contribution in [-0.2, 0) is 12.8 Å². The Balaban J connectivity index is 2.38. The minimum Gasteiger partial charge on any atom is -0.140 e. The maximum Gasteiger partial charge on any atom is 0.0348 e. The van der Waals surface area contributed by atoms with Crippen LogP contribution in [0, 0.1) is 0 Å². The Bertz CT molecular complexity index is 454. The molecule has 1 heterocycles. The maximum atomic E-state index is 2.26. The summed E-state index contributed by atoms with van der Waals surface area (Å²) in [6.45, 7) is 4.45. The van der Waals surface area contributed by atoms with Crippen molar-refractivity contribution in [2.45, 2.75) is 33.1 Å². The average molecular weight is 230 g/mol. The summed E-state index contributed by atoms with van der Waals surface area (Å²) in [4.78, 5) is 2.89. The summed E-state index contributed by atoms with van der Waals surface area (Å²) < 4.78 is 0. The van der Waals surface area contributed by atoms with Gasteiger partial charge in [-0.15, -0.1) is 11.3 Å². The van der Waals surface area contributed by atoms with Gasteiger partial charge in [0.05, 0.1) is 0 Å². The largest absolute Gasteiger partial charge is 0.140 e. The smallest absolute Gasteiger partial charge is 0.0348 e. The molecule has 0 aliphatic rings. The third-order valence-electron chi connectivity index (χ3n) is 2.81. The van der Waals surface area contributed by atoms with Gasteiger partial charge in [0.2, 0.25) is 0 Å². The van der Waals surface area contributed by atoms with Crippen molar-refractivity contribution >= 4 is 11.3 Å². The van der Waals surface area contributed by atoms with Crippen molar-refractivity contribution in [2.24, 2.45) is 0 Å². The van der Waals surface area contributed by atoms with Crippen LogP contribution in [0.3, 0.4) is 0 Å². The van der Waals surface area contributed by atoms with E-state index in [0.29, 0.717) is 0 Å². The summed E-state index contributed by atoms with van der Waals surface area (Å²) in [5.41, 5.74) is 2.91. The van der Waals surface area contributed by atoms with E-state index in [1.807, 2.05) is 11.3 Å². The van der Waals surface area contributed by atoms with Gasteiger partial charge in [0.1, 0.15) is 0 Å². The highest BCUT2D eigenvalue weighted by molar-refractivity contribution is 7.15. The minimum atomic E-state index is 1.14. The molecule has 0 bridgehead atoms. The van der Waals surface area contributed by atoms with Gasteiger partial charge in [0, 0.05) is 9.75 Å². The molecule has 84 valence electrons. The molecule has 0 amide bonds. The second kappa shape index (κ2) is 5.31. The fourth-order valence-electron chi connectivity index (χ4n) is 1.96. The molecule has 0 aliphatic heterocycles. The molecule has 1 aromatic heterocycles. The van der Waals surface area contributed by atoms with Gasteiger partial charge in [-0.1, -0.05) is 44.5 Å². The number of benzene rings is 1. The normalized spacial score (nSPS) is 10.6. The monoisotopic (exact) mass is 230 g/mol. The van der Waals surface area contributed by atoms with Crippen molar-refractivity contribution in [3.63, 3.8) is 0 Å². The second-order valence-electron chi connectivity index (χ2n) is 4.03. The average Bonchev–Trinajstić information content (AvgIpc) is 2.79. The molecule has 0 nitrogen and oxygen atoms in total. The molecule has 1 aromatic carbocycles. The minimum absolute atomic E-state index is 1.14. The molecule has 0 fully saturated rings. The van der Waals surface area contributed by atoms with Crippen LogP contribution in [0.4, 0.5) is 0 Å². The Morgan fingerprint density at radius 2 is 1.81 bits per heavy atom. The van der Waals surface area contributed by atoms with E-state index in [-0.39, 0.29) is 0 Å². The summed E-state index contributed by atoms with van der Waals surface area (Å²) in [5.74, 6) is 0. The van der Waals surface area contributed by atoms with Crippen LogP contribution < -0.4 is 0 Å². The molecule has 0 N–H and O–H groups in total. The molecular formula is C15H18S. The third-order valence-corrected chi connectivity index (χ3v) is 4.08. The van der Waals surface area contributed by atoms with Crippen LogP contribution in [0.15, 0.2) is 36.4 Å². The SMILES string of the molecule is CCCc1ccccc1-c1ccc(CC)s1. The Morgan fingerprint density at radius 1 is 1.00 bits per heavy atom. The van der Waals surface area contributed by atoms with Crippen LogP contribution in [0.1, 0.15) is 30.7 Å². The Kier molecular flexibility index (Phi) is 3.79. The van der Waals surface area contributed by atoms with E-state index >= 15 is 0 Å². The lowest BCUT2D eigenvalue weighted by Crippen LogP contribution is -1.86. The predicted octanol–water partition coefficient (Wildman–Crippen LogP) is 4.93. The van der Waals surface area contributed by atoms with Gasteiger partial charge in [-0.05, 0) is 36.1 Å². The van der Waals surface area contributed by atoms with E-state index in [1.54, 1.807) is 0 Å². The quantitative estimate of drug-likeness (QED) is 0.698. The molecule has 0 saturated heterocycles. The van der Waals surface area contributed by atoms with Gasteiger partial charge in [-0.25, -0.2) is 0 Å². The summed E-state index contributed by atoms with van der Waals surface area (Å²) in [6, 6.07) is 13.3. The van der Waals surface area contributed by atoms with Crippen molar-refractivity contribution in [1.29, 1.82) is 0 Å². The van der Waals surface area contributed by atoms with Crippen molar-refractivity contribution in [2.75, 3.05) is 0 Å². The first-order valence-corrected chi connectivity index (χ1v) is 6.83. The number of rotatable bonds is 4. The number of thiophene rings is 1. The van der Waals surface area contributed by atoms with Gasteiger partial charge in [0.15, 0.2) is 0 Å². The van der Waals surface area contributed by atoms with E-state index in [4.69, 9.17) is 0 Å². The zero-order valence-corrected chi connectivity index (χ0v) is 10.8. The molecule has 0 radical (unpaired) electrons. The lowest BCUT2D eigenvalue weighted by Gasteiger charge is -2.06. The molecule has 0 saturated carbocycles. The molecule has 2 rings (SSSR count). The van der Waals surface area contributed by atoms with Crippen LogP contribution in [-0.4, -0.2) is 0 Å². The molecule has 2 aromatic rings. The summed E-state index contributed by atoms with van der Waals surface area (Å²) in [7, 11) is 0. The molecule has 0 unspecified atom stereocenters. The molecule has 0 aliphatic carbocycles. The van der Waals surface area contributed by atoms with E-state index in [1.165, 1.54) is 33.7 Å². The fourth-order valence-corrected chi connectivity index (χ4v) is 2.97. The predicted molar refractivity (Wildman–Crippen MR) is 73.1 cm³/mol. The van der Waals surface area contributed by atoms with Crippen LogP contribution in [0.2, 0.25) is 0 Å². The molecule has 0 spiro atoms. The first-order chi connectivity index (χ1) is 7.85. The Hall–Kier alpha value is -1.08. The number of hydrogen-bond acceptors (Lipinski definition) is 1. The number of hydrogen-bond donors (Lipinski definition) is 0. The first-order valence-electron chi connectivity index (χ1n) is 6.02. The second-order valence-corrected chi connectivity index (χ2v) is 5.19. The molecular weight excluding hydrogens is 212 g/mol. The first kappa shape index (κ1) is 11.4. The fraction of sp³-hybridized carbons (Fsp3) is 0.333. The lowest BCUT2D eigenvalue weighted by atomic mass is 10.0. The van der Waals surface area contributed by atoms with Crippen LogP contribution in [0.25, 0.3) is 10.4 Å². The van der Waals surface area contributed by atoms with E-state index in [9.17, 15) is 0 Å². The molecule has 0 atom stereocenters. The van der Waals surface area contributed by atoms with Crippen LogP contribution in [0.5, 0.6) is 0 Å². The number of aryl methyl sites for hydroxylation is 2. The van der Waals surface area contributed by atoms with E-state index in [0.717, 1.165) is 6.42 Å². The topological polar surface area (TPSA) is 0 Å². The van der Waals surface area contributed by atoms with Gasteiger partial charge in [0.25, 0.3) is 0 Å². The summed E-state index contributed by atoms with van der Waals surface area (Å²) >= 11 is 1.93. The van der Waals surface area contributed by atoms with Crippen LogP contribution >= 0.6 is 11.3 Å². The lowest BCUT2D eigenvalue weighted by molar-refractivity contribution is 0.924. The molecule has 16 heavy (non-hydrogen) atoms. The standard InChI is InChI=1S/C15H18S/c1-3-7-12-8-5-6-9-14(12)15-11-10-13(4-2)16-15/h5-6,8-11H,3-4,7H2,1-2H3. The molecule has 1 heteroatoms. The summed E-state index contributed by atoms with van der Waals surface area (Å²) in [6.07, 6.45) is 3.53. The highest BCUT2D eigenvalue weighted by Gasteiger charge is 2.06. The van der Waals surface area contributed by atoms with Gasteiger partial charge in [-0.3, -0.25) is 0 Å². The van der Waals surface area contributed by atoms with E-state index < -0.39 is 0 Å². The van der Waals surface area contributed by atoms with Gasteiger partial charge in [-0.2, -0.15) is 0 Å².